The number of fused-ring (bicyclic) bond motifs is 1. The van der Waals surface area contributed by atoms with Gasteiger partial charge in [0.05, 0.1) is 11.1 Å². The largest absolute Gasteiger partial charge is 0.383 e. The number of hydrogen-bond acceptors (Lipinski definition) is 3. The highest BCUT2D eigenvalue weighted by atomic mass is 15.0. The number of hydrogen-bond donors (Lipinski definition) is 2. The molecular weight excluding hydrogens is 248 g/mol. The van der Waals surface area contributed by atoms with Gasteiger partial charge in [0.2, 0.25) is 0 Å². The second kappa shape index (κ2) is 6.39. The third-order valence-electron chi connectivity index (χ3n) is 2.57. The normalized spacial score (nSPS) is 9.30. The Bertz CT molecular complexity index is 748. The number of anilines is 1. The molecule has 0 unspecified atom stereocenters. The molecule has 100 valence electrons. The third-order valence-corrected chi connectivity index (χ3v) is 2.57. The van der Waals surface area contributed by atoms with E-state index >= 15 is 0 Å². The monoisotopic (exact) mass is 264 g/mol. The Morgan fingerprint density at radius 3 is 2.50 bits per heavy atom. The minimum absolute atomic E-state index is 0.462. The highest BCUT2D eigenvalue weighted by Gasteiger charge is 2.03. The maximum atomic E-state index is 5.76. The van der Waals surface area contributed by atoms with Crippen LogP contribution in [0.3, 0.4) is 0 Å². The lowest BCUT2D eigenvalue weighted by molar-refractivity contribution is 1.20. The minimum Gasteiger partial charge on any atom is -0.383 e. The summed E-state index contributed by atoms with van der Waals surface area (Å²) in [4.78, 5) is 11.1. The molecule has 0 aliphatic carbocycles. The van der Waals surface area contributed by atoms with E-state index in [2.05, 4.69) is 26.8 Å². The van der Waals surface area contributed by atoms with Gasteiger partial charge >= 0.3 is 0 Å². The molecule has 3 aromatic rings. The van der Waals surface area contributed by atoms with Crippen LogP contribution in [0, 0.1) is 11.8 Å². The zero-order valence-electron chi connectivity index (χ0n) is 11.5. The van der Waals surface area contributed by atoms with Gasteiger partial charge < -0.3 is 10.7 Å². The fraction of sp³-hybridized carbons (Fsp3) is 0.125. The Labute approximate surface area is 118 Å². The van der Waals surface area contributed by atoms with E-state index in [0.717, 1.165) is 16.6 Å². The number of rotatable bonds is 0. The third kappa shape index (κ3) is 2.96. The molecule has 4 nitrogen and oxygen atoms in total. The zero-order chi connectivity index (χ0) is 14.4. The predicted octanol–water partition coefficient (Wildman–Crippen LogP) is 2.97. The van der Waals surface area contributed by atoms with E-state index in [0.29, 0.717) is 11.5 Å². The number of aromatic amines is 1. The van der Waals surface area contributed by atoms with Crippen LogP contribution in [0.1, 0.15) is 25.1 Å². The average molecular weight is 264 g/mol. The lowest BCUT2D eigenvalue weighted by Crippen LogP contribution is -1.90. The van der Waals surface area contributed by atoms with Crippen molar-refractivity contribution in [2.24, 2.45) is 0 Å². The van der Waals surface area contributed by atoms with Crippen molar-refractivity contribution in [3.05, 3.63) is 54.0 Å². The number of nitrogens with zero attached hydrogens (tertiary/aromatic N) is 2. The van der Waals surface area contributed by atoms with Crippen LogP contribution >= 0.6 is 0 Å². The number of nitrogen functional groups attached to an aromatic ring is 1. The van der Waals surface area contributed by atoms with Gasteiger partial charge in [0.1, 0.15) is 17.8 Å². The number of benzene rings is 1. The highest BCUT2D eigenvalue weighted by Crippen LogP contribution is 2.16. The van der Waals surface area contributed by atoms with Crippen molar-refractivity contribution in [1.82, 2.24) is 15.0 Å². The Hall–Kier alpha value is -2.80. The summed E-state index contributed by atoms with van der Waals surface area (Å²) in [7, 11) is 0. The van der Waals surface area contributed by atoms with E-state index in [1.54, 1.807) is 0 Å². The first-order valence-electron chi connectivity index (χ1n) is 6.49. The quantitative estimate of drug-likeness (QED) is 0.613. The van der Waals surface area contributed by atoms with Gasteiger partial charge in [0.25, 0.3) is 0 Å². The molecule has 0 atom stereocenters. The van der Waals surface area contributed by atoms with Crippen LogP contribution in [-0.4, -0.2) is 15.0 Å². The van der Waals surface area contributed by atoms with Crippen molar-refractivity contribution in [2.45, 2.75) is 13.8 Å². The smallest absolute Gasteiger partial charge is 0.143 e. The molecule has 3 rings (SSSR count). The zero-order valence-corrected chi connectivity index (χ0v) is 11.5. The fourth-order valence-electron chi connectivity index (χ4n) is 1.69. The van der Waals surface area contributed by atoms with E-state index < -0.39 is 0 Å². The highest BCUT2D eigenvalue weighted by molar-refractivity contribution is 5.87. The Kier molecular flexibility index (Phi) is 4.35. The summed E-state index contributed by atoms with van der Waals surface area (Å²) in [5, 5.41) is 0.801. The van der Waals surface area contributed by atoms with Crippen LogP contribution in [0.15, 0.2) is 42.7 Å². The number of nitrogens with one attached hydrogen (secondary N) is 1. The Morgan fingerprint density at radius 2 is 1.80 bits per heavy atom. The maximum Gasteiger partial charge on any atom is 0.143 e. The van der Waals surface area contributed by atoms with Crippen LogP contribution in [-0.2, 0) is 0 Å². The molecular formula is C16H16N4. The van der Waals surface area contributed by atoms with Crippen LogP contribution in [0.25, 0.3) is 11.0 Å². The standard InChI is InChI=1S/C14H10N4.C2H6/c15-13-12-8-11(18-14(12)17-9-16-13)7-6-10-4-2-1-3-5-10;1-2/h1-5,8-9H,(H3,15,16,17,18);1-2H3. The van der Waals surface area contributed by atoms with Crippen molar-refractivity contribution in [1.29, 1.82) is 0 Å². The number of aromatic nitrogens is 3. The van der Waals surface area contributed by atoms with Gasteiger partial charge in [-0.05, 0) is 24.1 Å². The number of H-pyrrole nitrogens is 1. The van der Waals surface area contributed by atoms with Crippen molar-refractivity contribution in [3.63, 3.8) is 0 Å². The molecule has 2 aromatic heterocycles. The minimum atomic E-state index is 0.462. The van der Waals surface area contributed by atoms with Gasteiger partial charge in [-0.1, -0.05) is 38.0 Å². The lowest BCUT2D eigenvalue weighted by atomic mass is 10.2. The molecule has 0 bridgehead atoms. The molecule has 2 heterocycles. The first-order valence-corrected chi connectivity index (χ1v) is 6.49. The van der Waals surface area contributed by atoms with E-state index in [9.17, 15) is 0 Å². The molecule has 3 N–H and O–H groups in total. The van der Waals surface area contributed by atoms with Crippen molar-refractivity contribution in [3.8, 4) is 11.8 Å². The summed E-state index contributed by atoms with van der Waals surface area (Å²) in [6.45, 7) is 4.00. The lowest BCUT2D eigenvalue weighted by Gasteiger charge is -1.90. The summed E-state index contributed by atoms with van der Waals surface area (Å²) < 4.78 is 0. The molecule has 1 aromatic carbocycles. The summed E-state index contributed by atoms with van der Waals surface area (Å²) in [5.41, 5.74) is 8.21. The van der Waals surface area contributed by atoms with Crippen LogP contribution in [0.2, 0.25) is 0 Å². The van der Waals surface area contributed by atoms with Crippen molar-refractivity contribution >= 4 is 16.9 Å². The molecule has 20 heavy (non-hydrogen) atoms. The second-order valence-electron chi connectivity index (χ2n) is 3.82. The molecule has 0 fully saturated rings. The second-order valence-corrected chi connectivity index (χ2v) is 3.82. The van der Waals surface area contributed by atoms with Crippen LogP contribution in [0.5, 0.6) is 0 Å². The molecule has 0 saturated heterocycles. The summed E-state index contributed by atoms with van der Waals surface area (Å²) in [6, 6.07) is 11.7. The van der Waals surface area contributed by atoms with Gasteiger partial charge in [0.15, 0.2) is 0 Å². The molecule has 0 aliphatic rings. The molecule has 4 heteroatoms. The molecule has 0 saturated carbocycles. The summed E-state index contributed by atoms with van der Waals surface area (Å²) in [5.74, 6) is 6.58. The van der Waals surface area contributed by atoms with E-state index in [4.69, 9.17) is 5.73 Å². The summed E-state index contributed by atoms with van der Waals surface area (Å²) >= 11 is 0. The van der Waals surface area contributed by atoms with Crippen LogP contribution in [0.4, 0.5) is 5.82 Å². The molecule has 0 radical (unpaired) electrons. The predicted molar refractivity (Wildman–Crippen MR) is 82.1 cm³/mol. The number of nitrogens with two attached hydrogens (primary N) is 1. The van der Waals surface area contributed by atoms with Crippen molar-refractivity contribution < 1.29 is 0 Å². The van der Waals surface area contributed by atoms with E-state index in [-0.39, 0.29) is 0 Å². The van der Waals surface area contributed by atoms with E-state index in [1.165, 1.54) is 6.33 Å². The van der Waals surface area contributed by atoms with Gasteiger partial charge in [-0.2, -0.15) is 0 Å². The summed E-state index contributed by atoms with van der Waals surface area (Å²) in [6.07, 6.45) is 1.43. The topological polar surface area (TPSA) is 67.6 Å². The Morgan fingerprint density at radius 1 is 1.05 bits per heavy atom. The molecule has 0 amide bonds. The SMILES string of the molecule is CC.Nc1ncnc2[nH]c(C#Cc3ccccc3)cc12. The maximum absolute atomic E-state index is 5.76. The van der Waals surface area contributed by atoms with Gasteiger partial charge in [-0.15, -0.1) is 0 Å². The first-order chi connectivity index (χ1) is 9.83. The average Bonchev–Trinajstić information content (AvgIpc) is 2.93. The van der Waals surface area contributed by atoms with Gasteiger partial charge in [-0.3, -0.25) is 0 Å². The fourth-order valence-corrected chi connectivity index (χ4v) is 1.69. The van der Waals surface area contributed by atoms with Gasteiger partial charge in [-0.25, -0.2) is 9.97 Å². The van der Waals surface area contributed by atoms with Crippen LogP contribution < -0.4 is 5.73 Å². The van der Waals surface area contributed by atoms with Gasteiger partial charge in [0, 0.05) is 5.56 Å². The molecule has 0 spiro atoms. The molecule has 0 aliphatic heterocycles. The van der Waals surface area contributed by atoms with E-state index in [1.807, 2.05) is 50.2 Å². The Balaban J connectivity index is 0.000000704. The van der Waals surface area contributed by atoms with Crippen molar-refractivity contribution in [2.75, 3.05) is 5.73 Å². The first kappa shape index (κ1) is 13.6.